The largest absolute Gasteiger partial charge is 0.573 e. The topological polar surface area (TPSA) is 78.8 Å². The molecule has 1 aromatic rings. The fourth-order valence-electron chi connectivity index (χ4n) is 5.61. The summed E-state index contributed by atoms with van der Waals surface area (Å²) in [5.41, 5.74) is -1.02. The van der Waals surface area contributed by atoms with Gasteiger partial charge in [0.05, 0.1) is 11.6 Å². The molecule has 0 aliphatic heterocycles. The predicted molar refractivity (Wildman–Crippen MR) is 105 cm³/mol. The number of alkyl halides is 3. The Kier molecular flexibility index (Phi) is 5.77. The number of hydrogen-bond donors (Lipinski definition) is 3. The number of amides is 1. The number of nitrogens with one attached hydrogen (secondary N) is 1. The van der Waals surface area contributed by atoms with Crippen LogP contribution in [0.15, 0.2) is 24.3 Å². The summed E-state index contributed by atoms with van der Waals surface area (Å²) in [6, 6.07) is 5.72. The van der Waals surface area contributed by atoms with E-state index in [-0.39, 0.29) is 11.7 Å². The van der Waals surface area contributed by atoms with Gasteiger partial charge in [0.25, 0.3) is 0 Å². The van der Waals surface area contributed by atoms with E-state index in [1.807, 2.05) is 20.8 Å². The van der Waals surface area contributed by atoms with E-state index < -0.39 is 34.9 Å². The smallest absolute Gasteiger partial charge is 0.465 e. The van der Waals surface area contributed by atoms with Gasteiger partial charge in [0.15, 0.2) is 0 Å². The Balaban J connectivity index is 1.93. The minimum absolute atomic E-state index is 0.292. The maximum absolute atomic E-state index is 12.5. The Morgan fingerprint density at radius 2 is 1.73 bits per heavy atom. The van der Waals surface area contributed by atoms with Crippen molar-refractivity contribution in [1.82, 2.24) is 5.32 Å². The standard InChI is InChI=1S/C22H30F3NO4/c1-19(2,3)21(26-18(28)29)13-4-6-16(21)17(27)20(11-5-12-20)14-7-9-15(10-8-14)30-22(23,24)25/h7-10,16-17,26-27H,4-6,11-13H2,1-3H3,(H,28,29)/t16?,17-,21?/m1/s1. The second-order valence-corrected chi connectivity index (χ2v) is 9.68. The first-order valence-corrected chi connectivity index (χ1v) is 10.4. The number of aliphatic hydroxyl groups excluding tert-OH is 1. The molecule has 0 radical (unpaired) electrons. The molecule has 2 saturated carbocycles. The van der Waals surface area contributed by atoms with Gasteiger partial charge in [-0.1, -0.05) is 45.7 Å². The highest BCUT2D eigenvalue weighted by Gasteiger charge is 2.59. The number of aliphatic hydroxyl groups is 1. The summed E-state index contributed by atoms with van der Waals surface area (Å²) in [5, 5.41) is 23.9. The molecule has 0 spiro atoms. The molecule has 168 valence electrons. The fourth-order valence-corrected chi connectivity index (χ4v) is 5.61. The second-order valence-electron chi connectivity index (χ2n) is 9.68. The Morgan fingerprint density at radius 1 is 1.13 bits per heavy atom. The summed E-state index contributed by atoms with van der Waals surface area (Å²) >= 11 is 0. The number of hydrogen-bond acceptors (Lipinski definition) is 3. The summed E-state index contributed by atoms with van der Waals surface area (Å²) < 4.78 is 41.4. The average molecular weight is 429 g/mol. The van der Waals surface area contributed by atoms with Gasteiger partial charge in [-0.3, -0.25) is 0 Å². The first kappa shape index (κ1) is 22.7. The van der Waals surface area contributed by atoms with Crippen LogP contribution in [0.5, 0.6) is 5.75 Å². The van der Waals surface area contributed by atoms with E-state index in [0.717, 1.165) is 18.4 Å². The molecule has 2 aliphatic carbocycles. The summed E-state index contributed by atoms with van der Waals surface area (Å²) in [4.78, 5) is 11.6. The molecule has 2 aliphatic rings. The first-order valence-electron chi connectivity index (χ1n) is 10.4. The van der Waals surface area contributed by atoms with Crippen LogP contribution in [0.25, 0.3) is 0 Å². The third-order valence-corrected chi connectivity index (χ3v) is 7.24. The van der Waals surface area contributed by atoms with E-state index >= 15 is 0 Å². The molecule has 3 atom stereocenters. The van der Waals surface area contributed by atoms with Crippen LogP contribution in [0.3, 0.4) is 0 Å². The molecule has 3 N–H and O–H groups in total. The van der Waals surface area contributed by atoms with Gasteiger partial charge >= 0.3 is 12.5 Å². The van der Waals surface area contributed by atoms with Gasteiger partial charge in [-0.15, -0.1) is 13.2 Å². The normalized spacial score (nSPS) is 27.2. The van der Waals surface area contributed by atoms with Gasteiger partial charge in [0.1, 0.15) is 5.75 Å². The molecular weight excluding hydrogens is 399 g/mol. The van der Waals surface area contributed by atoms with E-state index in [1.165, 1.54) is 12.1 Å². The minimum atomic E-state index is -4.76. The molecule has 8 heteroatoms. The number of carbonyl (C=O) groups is 1. The lowest BCUT2D eigenvalue weighted by Crippen LogP contribution is -2.64. The number of ether oxygens (including phenoxy) is 1. The van der Waals surface area contributed by atoms with Crippen LogP contribution < -0.4 is 10.1 Å². The number of rotatable bonds is 5. The number of benzene rings is 1. The van der Waals surface area contributed by atoms with Crippen molar-refractivity contribution >= 4 is 6.09 Å². The third kappa shape index (κ3) is 3.98. The van der Waals surface area contributed by atoms with Gasteiger partial charge < -0.3 is 20.3 Å². The van der Waals surface area contributed by atoms with Gasteiger partial charge in [0, 0.05) is 11.3 Å². The SMILES string of the molecule is CC(C)(C)C1(NC(=O)O)CCCC1[C@@H](O)C1(c2ccc(OC(F)(F)F)cc2)CCC1. The van der Waals surface area contributed by atoms with Crippen LogP contribution in [0.2, 0.25) is 0 Å². The zero-order chi connectivity index (χ0) is 22.4. The van der Waals surface area contributed by atoms with Gasteiger partial charge in [-0.2, -0.15) is 0 Å². The van der Waals surface area contributed by atoms with Crippen LogP contribution in [0, 0.1) is 11.3 Å². The maximum atomic E-state index is 12.5. The third-order valence-electron chi connectivity index (χ3n) is 7.24. The van der Waals surface area contributed by atoms with Crippen molar-refractivity contribution in [2.24, 2.45) is 11.3 Å². The monoisotopic (exact) mass is 429 g/mol. The molecule has 0 bridgehead atoms. The fraction of sp³-hybridized carbons (Fsp3) is 0.682. The average Bonchev–Trinajstić information content (AvgIpc) is 2.97. The van der Waals surface area contributed by atoms with Crippen molar-refractivity contribution in [3.8, 4) is 5.75 Å². The molecule has 0 heterocycles. The van der Waals surface area contributed by atoms with Crippen LogP contribution >= 0.6 is 0 Å². The highest BCUT2D eigenvalue weighted by Crippen LogP contribution is 2.56. The van der Waals surface area contributed by atoms with Crippen molar-refractivity contribution in [3.63, 3.8) is 0 Å². The van der Waals surface area contributed by atoms with Gasteiger partial charge in [-0.25, -0.2) is 4.79 Å². The molecule has 30 heavy (non-hydrogen) atoms. The van der Waals surface area contributed by atoms with Crippen LogP contribution in [-0.2, 0) is 5.41 Å². The Hall–Kier alpha value is -1.96. The highest BCUT2D eigenvalue weighted by atomic mass is 19.4. The Bertz CT molecular complexity index is 768. The number of carboxylic acid groups (broad SMARTS) is 1. The van der Waals surface area contributed by atoms with Crippen molar-refractivity contribution in [2.45, 2.75) is 82.7 Å². The molecule has 0 saturated heterocycles. The Labute approximate surface area is 174 Å². The maximum Gasteiger partial charge on any atom is 0.573 e. The first-order chi connectivity index (χ1) is 13.8. The lowest BCUT2D eigenvalue weighted by atomic mass is 9.54. The molecule has 1 amide bonds. The summed E-state index contributed by atoms with van der Waals surface area (Å²) in [5.74, 6) is -0.590. The van der Waals surface area contributed by atoms with Gasteiger partial charge in [0.2, 0.25) is 0 Å². The molecule has 2 fully saturated rings. The summed E-state index contributed by atoms with van der Waals surface area (Å²) in [6.45, 7) is 5.93. The van der Waals surface area contributed by atoms with Crippen molar-refractivity contribution in [3.05, 3.63) is 29.8 Å². The van der Waals surface area contributed by atoms with E-state index in [1.54, 1.807) is 12.1 Å². The molecule has 1 aromatic carbocycles. The van der Waals surface area contributed by atoms with Crippen molar-refractivity contribution < 1.29 is 32.9 Å². The molecule has 2 unspecified atom stereocenters. The van der Waals surface area contributed by atoms with Crippen LogP contribution in [0.1, 0.15) is 64.9 Å². The molecule has 3 rings (SSSR count). The molecule has 5 nitrogen and oxygen atoms in total. The zero-order valence-electron chi connectivity index (χ0n) is 17.6. The quantitative estimate of drug-likeness (QED) is 0.600. The Morgan fingerprint density at radius 3 is 2.17 bits per heavy atom. The van der Waals surface area contributed by atoms with Crippen LogP contribution in [-0.4, -0.2) is 34.3 Å². The minimum Gasteiger partial charge on any atom is -0.465 e. The predicted octanol–water partition coefficient (Wildman–Crippen LogP) is 5.22. The summed E-state index contributed by atoms with van der Waals surface area (Å²) in [6.07, 6.45) is -2.24. The van der Waals surface area contributed by atoms with E-state index in [0.29, 0.717) is 25.7 Å². The zero-order valence-corrected chi connectivity index (χ0v) is 17.6. The molecule has 0 aromatic heterocycles. The lowest BCUT2D eigenvalue weighted by molar-refractivity contribution is -0.274. The summed E-state index contributed by atoms with van der Waals surface area (Å²) in [7, 11) is 0. The van der Waals surface area contributed by atoms with Crippen molar-refractivity contribution in [1.29, 1.82) is 0 Å². The van der Waals surface area contributed by atoms with E-state index in [9.17, 15) is 28.2 Å². The number of halogens is 3. The highest BCUT2D eigenvalue weighted by molar-refractivity contribution is 5.66. The van der Waals surface area contributed by atoms with Crippen LogP contribution in [0.4, 0.5) is 18.0 Å². The molecular formula is C22H30F3NO4. The van der Waals surface area contributed by atoms with Gasteiger partial charge in [-0.05, 0) is 48.8 Å². The lowest BCUT2D eigenvalue weighted by Gasteiger charge is -2.54. The van der Waals surface area contributed by atoms with E-state index in [4.69, 9.17) is 0 Å². The van der Waals surface area contributed by atoms with Crippen molar-refractivity contribution in [2.75, 3.05) is 0 Å². The second kappa shape index (κ2) is 7.62. The van der Waals surface area contributed by atoms with E-state index in [2.05, 4.69) is 10.1 Å².